The Morgan fingerprint density at radius 3 is 3.00 bits per heavy atom. The van der Waals surface area contributed by atoms with Gasteiger partial charge in [-0.25, -0.2) is 0 Å². The van der Waals surface area contributed by atoms with Gasteiger partial charge in [-0.05, 0) is 23.3 Å². The molecule has 0 spiro atoms. The van der Waals surface area contributed by atoms with Crippen LogP contribution in [0.4, 0.5) is 0 Å². The van der Waals surface area contributed by atoms with Crippen molar-refractivity contribution in [3.63, 3.8) is 0 Å². The van der Waals surface area contributed by atoms with Gasteiger partial charge in [0.2, 0.25) is 0 Å². The van der Waals surface area contributed by atoms with Crippen LogP contribution in [0.3, 0.4) is 0 Å². The largest absolute Gasteiger partial charge is 0.155 e. The van der Waals surface area contributed by atoms with Crippen molar-refractivity contribution < 1.29 is 0 Å². The Kier molecular flexibility index (Phi) is 2.04. The van der Waals surface area contributed by atoms with Crippen molar-refractivity contribution in [1.29, 1.82) is 0 Å². The van der Waals surface area contributed by atoms with E-state index in [1.165, 1.54) is 4.88 Å². The van der Waals surface area contributed by atoms with Gasteiger partial charge in [-0.1, -0.05) is 12.1 Å². The minimum atomic E-state index is 0.0359. The lowest BCUT2D eigenvalue weighted by Crippen LogP contribution is -2.06. The molecule has 0 amide bonds. The molecule has 0 aliphatic carbocycles. The number of hydrogen-bond donors (Lipinski definition) is 1. The van der Waals surface area contributed by atoms with Crippen molar-refractivity contribution >= 4 is 35.7 Å². The molecule has 1 atom stereocenters. The molecular weight excluding hydrogens is 192 g/mol. The maximum Gasteiger partial charge on any atom is 0.0998 e. The third kappa shape index (κ3) is 1.37. The standard InChI is InChI=1S/C8H8S3/c9-8(4-2-6-11-8)7-3-1-5-10-7/h1-3,5-6,9H,4H2/t8-/m0/s1. The molecule has 0 unspecified atom stereocenters. The van der Waals surface area contributed by atoms with Gasteiger partial charge in [-0.2, -0.15) is 12.6 Å². The molecule has 0 aromatic carbocycles. The van der Waals surface area contributed by atoms with Crippen molar-refractivity contribution in [2.24, 2.45) is 0 Å². The molecule has 0 saturated heterocycles. The molecule has 2 heterocycles. The van der Waals surface area contributed by atoms with E-state index in [2.05, 4.69) is 41.6 Å². The molecule has 0 fully saturated rings. The van der Waals surface area contributed by atoms with Crippen LogP contribution in [0.1, 0.15) is 11.3 Å². The lowest BCUT2D eigenvalue weighted by atomic mass is 10.2. The van der Waals surface area contributed by atoms with Gasteiger partial charge >= 0.3 is 0 Å². The number of thiophene rings is 1. The van der Waals surface area contributed by atoms with Gasteiger partial charge in [-0.3, -0.25) is 0 Å². The lowest BCUT2D eigenvalue weighted by molar-refractivity contribution is 0.947. The molecule has 1 aliphatic heterocycles. The molecule has 11 heavy (non-hydrogen) atoms. The molecule has 0 radical (unpaired) electrons. The van der Waals surface area contributed by atoms with E-state index >= 15 is 0 Å². The Labute approximate surface area is 80.1 Å². The van der Waals surface area contributed by atoms with Crippen LogP contribution in [0.5, 0.6) is 0 Å². The number of hydrogen-bond acceptors (Lipinski definition) is 3. The third-order valence-corrected chi connectivity index (χ3v) is 4.82. The van der Waals surface area contributed by atoms with Gasteiger partial charge in [0.15, 0.2) is 0 Å². The third-order valence-electron chi connectivity index (χ3n) is 1.66. The Bertz CT molecular complexity index is 253. The number of allylic oxidation sites excluding steroid dienone is 1. The zero-order chi connectivity index (χ0) is 7.73. The summed E-state index contributed by atoms with van der Waals surface area (Å²) in [6, 6.07) is 4.23. The summed E-state index contributed by atoms with van der Waals surface area (Å²) in [6.45, 7) is 0. The lowest BCUT2D eigenvalue weighted by Gasteiger charge is -2.18. The number of thiol groups is 1. The minimum Gasteiger partial charge on any atom is -0.155 e. The first kappa shape index (κ1) is 7.77. The molecule has 3 heteroatoms. The summed E-state index contributed by atoms with van der Waals surface area (Å²) < 4.78 is 0.0359. The molecule has 0 bridgehead atoms. The predicted octanol–water partition coefficient (Wildman–Crippen LogP) is 3.48. The van der Waals surface area contributed by atoms with Crippen LogP contribution in [-0.2, 0) is 4.08 Å². The highest BCUT2D eigenvalue weighted by molar-refractivity contribution is 8.13. The van der Waals surface area contributed by atoms with Gasteiger partial charge in [0.25, 0.3) is 0 Å². The van der Waals surface area contributed by atoms with Crippen molar-refractivity contribution in [2.45, 2.75) is 10.5 Å². The van der Waals surface area contributed by atoms with Crippen molar-refractivity contribution in [2.75, 3.05) is 0 Å². The maximum absolute atomic E-state index is 4.65. The molecule has 0 nitrogen and oxygen atoms in total. The number of thioether (sulfide) groups is 1. The minimum absolute atomic E-state index is 0.0359. The molecule has 1 aliphatic rings. The Balaban J connectivity index is 2.29. The van der Waals surface area contributed by atoms with Crippen LogP contribution in [0.25, 0.3) is 0 Å². The summed E-state index contributed by atoms with van der Waals surface area (Å²) in [6.07, 6.45) is 3.22. The van der Waals surface area contributed by atoms with Gasteiger partial charge in [0.05, 0.1) is 4.08 Å². The average Bonchev–Trinajstić information content (AvgIpc) is 2.55. The topological polar surface area (TPSA) is 0 Å². The molecule has 58 valence electrons. The van der Waals surface area contributed by atoms with E-state index in [0.29, 0.717) is 0 Å². The predicted molar refractivity (Wildman–Crippen MR) is 56.3 cm³/mol. The van der Waals surface area contributed by atoms with Crippen LogP contribution < -0.4 is 0 Å². The molecule has 1 aromatic heterocycles. The summed E-state index contributed by atoms with van der Waals surface area (Å²) in [5.74, 6) is 0. The zero-order valence-corrected chi connectivity index (χ0v) is 8.38. The van der Waals surface area contributed by atoms with E-state index in [1.807, 2.05) is 0 Å². The second-order valence-corrected chi connectivity index (χ2v) is 5.67. The maximum atomic E-state index is 4.65. The number of rotatable bonds is 1. The van der Waals surface area contributed by atoms with E-state index in [0.717, 1.165) is 6.42 Å². The first-order valence-electron chi connectivity index (χ1n) is 3.40. The van der Waals surface area contributed by atoms with Crippen LogP contribution in [0, 0.1) is 0 Å². The first-order chi connectivity index (χ1) is 5.31. The van der Waals surface area contributed by atoms with Gasteiger partial charge in [0.1, 0.15) is 0 Å². The molecule has 2 rings (SSSR count). The fourth-order valence-corrected chi connectivity index (χ4v) is 3.41. The highest BCUT2D eigenvalue weighted by Gasteiger charge is 2.30. The second-order valence-electron chi connectivity index (χ2n) is 2.46. The van der Waals surface area contributed by atoms with E-state index in [1.54, 1.807) is 23.1 Å². The zero-order valence-electron chi connectivity index (χ0n) is 5.86. The normalized spacial score (nSPS) is 29.5. The van der Waals surface area contributed by atoms with Crippen molar-refractivity contribution in [3.05, 3.63) is 33.9 Å². The Morgan fingerprint density at radius 1 is 1.55 bits per heavy atom. The van der Waals surface area contributed by atoms with E-state index in [4.69, 9.17) is 0 Å². The molecule has 1 aromatic rings. The summed E-state index contributed by atoms with van der Waals surface area (Å²) in [5, 5.41) is 4.24. The fourth-order valence-electron chi connectivity index (χ4n) is 1.08. The first-order valence-corrected chi connectivity index (χ1v) is 5.61. The molecule has 0 saturated carbocycles. The second kappa shape index (κ2) is 2.88. The average molecular weight is 200 g/mol. The van der Waals surface area contributed by atoms with Crippen LogP contribution in [0.15, 0.2) is 29.0 Å². The summed E-state index contributed by atoms with van der Waals surface area (Å²) in [4.78, 5) is 1.36. The van der Waals surface area contributed by atoms with Crippen molar-refractivity contribution in [3.8, 4) is 0 Å². The van der Waals surface area contributed by atoms with Gasteiger partial charge in [0, 0.05) is 4.88 Å². The van der Waals surface area contributed by atoms with Crippen LogP contribution >= 0.6 is 35.7 Å². The van der Waals surface area contributed by atoms with E-state index in [9.17, 15) is 0 Å². The summed E-state index contributed by atoms with van der Waals surface area (Å²) in [5.41, 5.74) is 0. The summed E-state index contributed by atoms with van der Waals surface area (Å²) in [7, 11) is 0. The Hall–Kier alpha value is 0.140. The highest BCUT2D eigenvalue weighted by Crippen LogP contribution is 2.49. The summed E-state index contributed by atoms with van der Waals surface area (Å²) >= 11 is 8.23. The van der Waals surface area contributed by atoms with E-state index in [-0.39, 0.29) is 4.08 Å². The smallest absolute Gasteiger partial charge is 0.0998 e. The molecular formula is C8H8S3. The fraction of sp³-hybridized carbons (Fsp3) is 0.250. The van der Waals surface area contributed by atoms with Crippen LogP contribution in [0.2, 0.25) is 0 Å². The monoisotopic (exact) mass is 200 g/mol. The van der Waals surface area contributed by atoms with Gasteiger partial charge in [-0.15, -0.1) is 23.1 Å². The Morgan fingerprint density at radius 2 is 2.45 bits per heavy atom. The van der Waals surface area contributed by atoms with E-state index < -0.39 is 0 Å². The quantitative estimate of drug-likeness (QED) is 0.677. The van der Waals surface area contributed by atoms with Crippen molar-refractivity contribution in [1.82, 2.24) is 0 Å². The van der Waals surface area contributed by atoms with Gasteiger partial charge < -0.3 is 0 Å². The highest BCUT2D eigenvalue weighted by atomic mass is 32.2. The SMILES string of the molecule is S[C@@]1(c2cccs2)CC=CS1. The van der Waals surface area contributed by atoms with Crippen LogP contribution in [-0.4, -0.2) is 0 Å². The molecule has 0 N–H and O–H groups in total.